The minimum atomic E-state index is 0.169. The number of fused-ring (bicyclic) bond motifs is 2. The van der Waals surface area contributed by atoms with E-state index < -0.39 is 0 Å². The van der Waals surface area contributed by atoms with E-state index in [0.717, 1.165) is 48.8 Å². The molecule has 3 fully saturated rings. The maximum absolute atomic E-state index is 12.6. The van der Waals surface area contributed by atoms with Gasteiger partial charge in [-0.3, -0.25) is 4.90 Å². The SMILES string of the molecule is Nc1ccc(N2CCN(CC3CC4CCC3C4)C2=O)cc1. The van der Waals surface area contributed by atoms with Crippen molar-refractivity contribution in [1.82, 2.24) is 4.90 Å². The summed E-state index contributed by atoms with van der Waals surface area (Å²) in [6, 6.07) is 7.77. The van der Waals surface area contributed by atoms with E-state index >= 15 is 0 Å². The second-order valence-corrected chi connectivity index (χ2v) is 6.91. The van der Waals surface area contributed by atoms with Gasteiger partial charge in [0.15, 0.2) is 0 Å². The Morgan fingerprint density at radius 2 is 1.90 bits per heavy atom. The summed E-state index contributed by atoms with van der Waals surface area (Å²) in [5, 5.41) is 0. The third kappa shape index (κ3) is 2.27. The summed E-state index contributed by atoms with van der Waals surface area (Å²) < 4.78 is 0. The van der Waals surface area contributed by atoms with Gasteiger partial charge in [0.25, 0.3) is 0 Å². The molecular weight excluding hydrogens is 262 g/mol. The number of nitrogen functional groups attached to an aromatic ring is 1. The molecule has 1 aromatic carbocycles. The highest BCUT2D eigenvalue weighted by Gasteiger charge is 2.41. The maximum atomic E-state index is 12.6. The third-order valence-corrected chi connectivity index (χ3v) is 5.64. The number of rotatable bonds is 3. The monoisotopic (exact) mass is 285 g/mol. The van der Waals surface area contributed by atoms with E-state index in [-0.39, 0.29) is 6.03 Å². The first-order valence-electron chi connectivity index (χ1n) is 8.12. The van der Waals surface area contributed by atoms with Crippen LogP contribution >= 0.6 is 0 Å². The first-order valence-corrected chi connectivity index (χ1v) is 8.12. The summed E-state index contributed by atoms with van der Waals surface area (Å²) in [5.41, 5.74) is 7.42. The van der Waals surface area contributed by atoms with Gasteiger partial charge in [0.1, 0.15) is 0 Å². The molecule has 1 heterocycles. The number of urea groups is 1. The molecule has 2 N–H and O–H groups in total. The van der Waals surface area contributed by atoms with E-state index in [1.54, 1.807) is 0 Å². The molecule has 112 valence electrons. The molecule has 3 unspecified atom stereocenters. The molecule has 2 bridgehead atoms. The largest absolute Gasteiger partial charge is 0.399 e. The molecule has 0 spiro atoms. The Labute approximate surface area is 125 Å². The Hall–Kier alpha value is -1.71. The van der Waals surface area contributed by atoms with E-state index in [9.17, 15) is 4.79 Å². The van der Waals surface area contributed by atoms with Gasteiger partial charge < -0.3 is 10.6 Å². The van der Waals surface area contributed by atoms with Crippen LogP contribution in [0.25, 0.3) is 0 Å². The van der Waals surface area contributed by atoms with Crippen LogP contribution in [0.4, 0.5) is 16.2 Å². The first-order chi connectivity index (χ1) is 10.2. The number of benzene rings is 1. The van der Waals surface area contributed by atoms with Crippen LogP contribution < -0.4 is 10.6 Å². The molecule has 2 aliphatic carbocycles. The second-order valence-electron chi connectivity index (χ2n) is 6.91. The molecule has 1 aliphatic heterocycles. The third-order valence-electron chi connectivity index (χ3n) is 5.64. The topological polar surface area (TPSA) is 49.6 Å². The molecule has 2 saturated carbocycles. The summed E-state index contributed by atoms with van der Waals surface area (Å²) in [4.78, 5) is 16.5. The van der Waals surface area contributed by atoms with Crippen LogP contribution in [0.2, 0.25) is 0 Å². The Balaban J connectivity index is 1.42. The lowest BCUT2D eigenvalue weighted by Gasteiger charge is -2.27. The van der Waals surface area contributed by atoms with Gasteiger partial charge >= 0.3 is 6.03 Å². The molecular formula is C17H23N3O. The van der Waals surface area contributed by atoms with Gasteiger partial charge in [-0.05, 0) is 61.3 Å². The van der Waals surface area contributed by atoms with Crippen molar-refractivity contribution >= 4 is 17.4 Å². The fourth-order valence-corrected chi connectivity index (χ4v) is 4.53. The average molecular weight is 285 g/mol. The summed E-state index contributed by atoms with van der Waals surface area (Å²) in [7, 11) is 0. The number of anilines is 2. The van der Waals surface area contributed by atoms with Gasteiger partial charge in [0.05, 0.1) is 0 Å². The van der Waals surface area contributed by atoms with Crippen molar-refractivity contribution in [2.45, 2.75) is 25.7 Å². The summed E-state index contributed by atoms with van der Waals surface area (Å²) in [5.74, 6) is 2.58. The van der Waals surface area contributed by atoms with Crippen molar-refractivity contribution in [1.29, 1.82) is 0 Å². The first kappa shape index (κ1) is 13.0. The van der Waals surface area contributed by atoms with E-state index in [4.69, 9.17) is 5.73 Å². The lowest BCUT2D eigenvalue weighted by molar-refractivity contribution is 0.197. The fourth-order valence-electron chi connectivity index (χ4n) is 4.53. The highest BCUT2D eigenvalue weighted by Crippen LogP contribution is 2.48. The predicted octanol–water partition coefficient (Wildman–Crippen LogP) is 2.95. The molecule has 1 saturated heterocycles. The molecule has 0 aromatic heterocycles. The van der Waals surface area contributed by atoms with Gasteiger partial charge in [-0.1, -0.05) is 6.42 Å². The minimum Gasteiger partial charge on any atom is -0.399 e. The smallest absolute Gasteiger partial charge is 0.324 e. The zero-order chi connectivity index (χ0) is 14.4. The highest BCUT2D eigenvalue weighted by atomic mass is 16.2. The number of amides is 2. The van der Waals surface area contributed by atoms with E-state index in [1.165, 1.54) is 25.7 Å². The molecule has 4 heteroatoms. The van der Waals surface area contributed by atoms with Crippen LogP contribution in [0, 0.1) is 17.8 Å². The zero-order valence-corrected chi connectivity index (χ0v) is 12.4. The molecule has 4 nitrogen and oxygen atoms in total. The number of carbonyl (C=O) groups is 1. The molecule has 3 atom stereocenters. The molecule has 0 radical (unpaired) electrons. The standard InChI is InChI=1S/C17H23N3O/c18-15-3-5-16(6-4-15)20-8-7-19(17(20)21)11-14-10-12-1-2-13(14)9-12/h3-6,12-14H,1-2,7-11,18H2. The van der Waals surface area contributed by atoms with Crippen molar-refractivity contribution in [3.8, 4) is 0 Å². The minimum absolute atomic E-state index is 0.169. The van der Waals surface area contributed by atoms with Crippen LogP contribution in [0.5, 0.6) is 0 Å². The molecule has 2 amide bonds. The summed E-state index contributed by atoms with van der Waals surface area (Å²) in [6.45, 7) is 2.62. The Morgan fingerprint density at radius 1 is 1.10 bits per heavy atom. The number of carbonyl (C=O) groups excluding carboxylic acids is 1. The predicted molar refractivity (Wildman–Crippen MR) is 84.1 cm³/mol. The van der Waals surface area contributed by atoms with Gasteiger partial charge in [-0.15, -0.1) is 0 Å². The van der Waals surface area contributed by atoms with Crippen LogP contribution in [0.15, 0.2) is 24.3 Å². The van der Waals surface area contributed by atoms with Crippen LogP contribution in [-0.2, 0) is 0 Å². The molecule has 4 rings (SSSR count). The van der Waals surface area contributed by atoms with Crippen LogP contribution in [0.1, 0.15) is 25.7 Å². The zero-order valence-electron chi connectivity index (χ0n) is 12.4. The highest BCUT2D eigenvalue weighted by molar-refractivity contribution is 5.94. The number of hydrogen-bond acceptors (Lipinski definition) is 2. The average Bonchev–Trinajstić information content (AvgIpc) is 3.18. The Morgan fingerprint density at radius 3 is 2.57 bits per heavy atom. The summed E-state index contributed by atoms with van der Waals surface area (Å²) in [6.07, 6.45) is 5.57. The Kier molecular flexibility index (Phi) is 3.05. The van der Waals surface area contributed by atoms with Crippen molar-refractivity contribution in [2.24, 2.45) is 17.8 Å². The normalized spacial score (nSPS) is 31.4. The molecule has 1 aromatic rings. The lowest BCUT2D eigenvalue weighted by Crippen LogP contribution is -2.36. The van der Waals surface area contributed by atoms with Crippen molar-refractivity contribution < 1.29 is 4.79 Å². The van der Waals surface area contributed by atoms with E-state index in [1.807, 2.05) is 29.2 Å². The number of hydrogen-bond donors (Lipinski definition) is 1. The van der Waals surface area contributed by atoms with E-state index in [2.05, 4.69) is 4.90 Å². The van der Waals surface area contributed by atoms with Crippen LogP contribution in [-0.4, -0.2) is 30.6 Å². The van der Waals surface area contributed by atoms with Crippen molar-refractivity contribution in [3.63, 3.8) is 0 Å². The number of nitrogens with two attached hydrogens (primary N) is 1. The van der Waals surface area contributed by atoms with Crippen molar-refractivity contribution in [3.05, 3.63) is 24.3 Å². The molecule has 21 heavy (non-hydrogen) atoms. The fraction of sp³-hybridized carbons (Fsp3) is 0.588. The van der Waals surface area contributed by atoms with Gasteiger partial charge in [-0.25, -0.2) is 4.79 Å². The Bertz CT molecular complexity index is 541. The maximum Gasteiger partial charge on any atom is 0.324 e. The quantitative estimate of drug-likeness (QED) is 0.868. The van der Waals surface area contributed by atoms with Gasteiger partial charge in [0.2, 0.25) is 0 Å². The lowest BCUT2D eigenvalue weighted by atomic mass is 9.88. The molecule has 3 aliphatic rings. The summed E-state index contributed by atoms with van der Waals surface area (Å²) >= 11 is 0. The van der Waals surface area contributed by atoms with Gasteiger partial charge in [-0.2, -0.15) is 0 Å². The van der Waals surface area contributed by atoms with Crippen LogP contribution in [0.3, 0.4) is 0 Å². The number of nitrogens with zero attached hydrogens (tertiary/aromatic N) is 2. The van der Waals surface area contributed by atoms with Gasteiger partial charge in [0, 0.05) is 31.0 Å². The second kappa shape index (κ2) is 4.93. The van der Waals surface area contributed by atoms with E-state index in [0.29, 0.717) is 0 Å². The van der Waals surface area contributed by atoms with Crippen molar-refractivity contribution in [2.75, 3.05) is 30.3 Å².